The van der Waals surface area contributed by atoms with Crippen LogP contribution in [-0.4, -0.2) is 65.5 Å². The average Bonchev–Trinajstić information content (AvgIpc) is 1.49. The number of fused-ring (bicyclic) bond motifs is 4. The highest BCUT2D eigenvalue weighted by atomic mass is 32.2. The van der Waals surface area contributed by atoms with E-state index in [1.165, 1.54) is 86.8 Å². The minimum absolute atomic E-state index is 0.0418. The summed E-state index contributed by atoms with van der Waals surface area (Å²) in [6, 6.07) is 59.0. The number of nitro groups is 2. The lowest BCUT2D eigenvalue weighted by atomic mass is 9.85. The Morgan fingerprint density at radius 2 is 0.921 bits per heavy atom. The van der Waals surface area contributed by atoms with E-state index < -0.39 is 50.0 Å². The number of nitrogens with one attached hydrogen (secondary N) is 1. The number of aromatic nitrogens is 8. The smallest absolute Gasteiger partial charge is 0.329 e. The molecule has 2 aliphatic carbocycles. The number of anilines is 1. The predicted molar refractivity (Wildman–Crippen MR) is 385 cm³/mol. The van der Waals surface area contributed by atoms with Crippen molar-refractivity contribution < 1.29 is 36.3 Å². The van der Waals surface area contributed by atoms with E-state index in [1.807, 2.05) is 54.6 Å². The van der Waals surface area contributed by atoms with Crippen molar-refractivity contribution in [3.63, 3.8) is 0 Å². The predicted octanol–water partition coefficient (Wildman–Crippen LogP) is 15.2. The van der Waals surface area contributed by atoms with Gasteiger partial charge in [-0.3, -0.25) is 29.4 Å². The molecule has 26 heteroatoms. The summed E-state index contributed by atoms with van der Waals surface area (Å²) in [5, 5.41) is 41.0. The number of thioether (sulfide) groups is 1. The van der Waals surface area contributed by atoms with Gasteiger partial charge in [0, 0.05) is 29.9 Å². The Kier molecular flexibility index (Phi) is 20.3. The molecule has 0 saturated carbocycles. The van der Waals surface area contributed by atoms with Crippen LogP contribution in [0.15, 0.2) is 224 Å². The number of benzene rings is 8. The van der Waals surface area contributed by atoms with Gasteiger partial charge in [-0.25, -0.2) is 37.5 Å². The first-order valence-corrected chi connectivity index (χ1v) is 37.1. The van der Waals surface area contributed by atoms with Gasteiger partial charge in [-0.15, -0.1) is 0 Å². The van der Waals surface area contributed by atoms with Crippen molar-refractivity contribution in [3.05, 3.63) is 285 Å². The molecule has 0 fully saturated rings. The standard InChI is InChI=1S/C37H34F2N6O3Si.C26H30FNOSi.C12H5FN6O2S/c1-37(2,3)49(26-10-6-4-7-11-26,27-12-8-5-9-13-27)48-34-19-18-30(29-20-24(38)14-16-28(29)34)42-35-33(45(46)47)22-40-36(43-35)44-23-41-31-17-15-25(39)21-32(31)44;1-26(2,3)30(20-10-6-4-7-11-20,21-12-8-5-9-13-21)29-25-17-16-24(28)23-18-19(27)14-15-22(23)25;13-7-1-2-8-9(3-7)18(6-16-8)12-15-4-10(19(20)21)11(17-12)22-5-14/h4-17,20-23,30,34H,18-19H2,1-3H3,(H,40,42,43);4-15,18,24-25H,16-17,28H2,1-3H3;1-4,6H/t30-,34-;24-,25-;/m11./s1. The van der Waals surface area contributed by atoms with Crippen LogP contribution in [0.4, 0.5) is 34.8 Å². The minimum atomic E-state index is -2.96. The summed E-state index contributed by atoms with van der Waals surface area (Å²) >= 11 is 0.555. The highest BCUT2D eigenvalue weighted by Crippen LogP contribution is 2.48. The Morgan fingerprint density at radius 1 is 0.525 bits per heavy atom. The maximum Gasteiger partial charge on any atom is 0.329 e. The molecule has 0 radical (unpaired) electrons. The SMILES string of the molecule is CC(C)(C)[Si](O[C@@H]1CC[C@@H](N)c2cc(F)ccc21)(c1ccccc1)c1ccccc1.CC(C)(C)[Si](O[C@@H]1CC[C@@H](Nc2nc(-n3cnc4ccc(F)cc43)ncc2[N+](=O)[O-])c2cc(F)ccc21)(c1ccccc1)c1ccccc1.N#CSc1nc(-n2cnc3ccc(F)cc32)ncc1[N+](=O)[O-]. The fourth-order valence-electron chi connectivity index (χ4n) is 13.7. The molecule has 4 aromatic heterocycles. The van der Waals surface area contributed by atoms with Crippen molar-refractivity contribution in [2.24, 2.45) is 5.73 Å². The summed E-state index contributed by atoms with van der Waals surface area (Å²) in [6.45, 7) is 13.5. The van der Waals surface area contributed by atoms with Crippen molar-refractivity contribution in [1.29, 1.82) is 5.26 Å². The fraction of sp³-hybridized carbons (Fsp3) is 0.213. The van der Waals surface area contributed by atoms with E-state index in [4.69, 9.17) is 19.8 Å². The van der Waals surface area contributed by atoms with E-state index in [0.717, 1.165) is 52.3 Å². The third kappa shape index (κ3) is 14.3. The molecule has 0 saturated heterocycles. The van der Waals surface area contributed by atoms with Crippen LogP contribution in [0.3, 0.4) is 0 Å². The Labute approximate surface area is 585 Å². The Morgan fingerprint density at radius 3 is 1.36 bits per heavy atom. The lowest BCUT2D eigenvalue weighted by Crippen LogP contribution is -2.67. The molecule has 512 valence electrons. The molecular weight excluding hydrogens is 1340 g/mol. The monoisotopic (exact) mass is 1410 g/mol. The van der Waals surface area contributed by atoms with Gasteiger partial charge in [-0.2, -0.15) is 15.2 Å². The van der Waals surface area contributed by atoms with Gasteiger partial charge in [0.25, 0.3) is 16.6 Å². The molecule has 0 aliphatic heterocycles. The first-order valence-electron chi connectivity index (χ1n) is 32.5. The van der Waals surface area contributed by atoms with Crippen LogP contribution in [0.1, 0.15) is 114 Å². The third-order valence-electron chi connectivity index (χ3n) is 18.3. The number of nitrogens with two attached hydrogens (primary N) is 1. The van der Waals surface area contributed by atoms with E-state index in [9.17, 15) is 37.8 Å². The van der Waals surface area contributed by atoms with E-state index in [1.54, 1.807) is 17.5 Å². The Hall–Kier alpha value is -10.7. The number of nitrogens with zero attached hydrogens (tertiary/aromatic N) is 11. The highest BCUT2D eigenvalue weighted by molar-refractivity contribution is 8.03. The molecule has 3 N–H and O–H groups in total. The van der Waals surface area contributed by atoms with Crippen molar-refractivity contribution in [2.75, 3.05) is 5.32 Å². The number of hydrogen-bond acceptors (Lipinski definition) is 16. The third-order valence-corrected chi connectivity index (χ3v) is 28.9. The lowest BCUT2D eigenvalue weighted by Gasteiger charge is -2.46. The molecule has 0 spiro atoms. The highest BCUT2D eigenvalue weighted by Gasteiger charge is 2.54. The number of nitriles is 1. The molecule has 19 nitrogen and oxygen atoms in total. The minimum Gasteiger partial charge on any atom is -0.400 e. The number of imidazole rings is 2. The van der Waals surface area contributed by atoms with Crippen molar-refractivity contribution >= 4 is 88.4 Å². The quantitative estimate of drug-likeness (QED) is 0.0184. The maximum atomic E-state index is 15.0. The zero-order valence-corrected chi connectivity index (χ0v) is 58.6. The van der Waals surface area contributed by atoms with Gasteiger partial charge >= 0.3 is 11.4 Å². The molecule has 101 heavy (non-hydrogen) atoms. The van der Waals surface area contributed by atoms with Crippen LogP contribution >= 0.6 is 11.8 Å². The summed E-state index contributed by atoms with van der Waals surface area (Å²) in [6.07, 6.45) is 7.14. The van der Waals surface area contributed by atoms with Crippen LogP contribution in [-0.2, 0) is 8.85 Å². The fourth-order valence-corrected chi connectivity index (χ4v) is 23.5. The number of halogens is 4. The van der Waals surface area contributed by atoms with Gasteiger partial charge < -0.3 is 19.9 Å². The van der Waals surface area contributed by atoms with E-state index in [0.29, 0.717) is 52.2 Å². The second-order valence-electron chi connectivity index (χ2n) is 26.5. The molecule has 8 aromatic carbocycles. The molecule has 4 heterocycles. The van der Waals surface area contributed by atoms with Gasteiger partial charge in [0.05, 0.1) is 50.2 Å². The number of thiocyanates is 1. The van der Waals surface area contributed by atoms with Gasteiger partial charge in [-0.05, 0) is 127 Å². The van der Waals surface area contributed by atoms with Gasteiger partial charge in [-0.1, -0.05) is 175 Å². The van der Waals surface area contributed by atoms with Crippen LogP contribution in [0.2, 0.25) is 10.1 Å². The van der Waals surface area contributed by atoms with E-state index >= 15 is 0 Å². The van der Waals surface area contributed by atoms with E-state index in [-0.39, 0.29) is 68.3 Å². The zero-order chi connectivity index (χ0) is 71.4. The van der Waals surface area contributed by atoms with Crippen molar-refractivity contribution in [3.8, 4) is 17.3 Å². The van der Waals surface area contributed by atoms with Gasteiger partial charge in [0.15, 0.2) is 5.03 Å². The van der Waals surface area contributed by atoms with Crippen molar-refractivity contribution in [2.45, 2.75) is 107 Å². The number of hydrogen-bond donors (Lipinski definition) is 2. The summed E-state index contributed by atoms with van der Waals surface area (Å²) < 4.78 is 74.1. The van der Waals surface area contributed by atoms with Crippen molar-refractivity contribution in [1.82, 2.24) is 39.0 Å². The molecule has 0 unspecified atom stereocenters. The average molecular weight is 1410 g/mol. The molecule has 12 aromatic rings. The maximum absolute atomic E-state index is 15.0. The summed E-state index contributed by atoms with van der Waals surface area (Å²) in [5.41, 5.74) is 10.9. The van der Waals surface area contributed by atoms with Gasteiger partial charge in [0.2, 0.25) is 17.7 Å². The topological polar surface area (TPSA) is 254 Å². The second kappa shape index (κ2) is 29.3. The molecule has 14 rings (SSSR count). The largest absolute Gasteiger partial charge is 0.400 e. The van der Waals surface area contributed by atoms with Crippen LogP contribution in [0, 0.1) is 54.2 Å². The lowest BCUT2D eigenvalue weighted by molar-refractivity contribution is -0.388. The van der Waals surface area contributed by atoms with Gasteiger partial charge in [0.1, 0.15) is 53.7 Å². The molecule has 4 atom stereocenters. The summed E-state index contributed by atoms with van der Waals surface area (Å²) in [4.78, 5) is 46.7. The molecule has 0 bridgehead atoms. The molecular formula is C75H69F4N13O6SSi2. The molecule has 0 amide bonds. The van der Waals surface area contributed by atoms with Crippen LogP contribution < -0.4 is 31.8 Å². The molecule has 2 aliphatic rings. The summed E-state index contributed by atoms with van der Waals surface area (Å²) in [5.74, 6) is -1.50. The van der Waals surface area contributed by atoms with Crippen LogP contribution in [0.5, 0.6) is 0 Å². The summed E-state index contributed by atoms with van der Waals surface area (Å²) in [7, 11) is -5.64. The zero-order valence-electron chi connectivity index (χ0n) is 55.8. The second-order valence-corrected chi connectivity index (χ2v) is 35.8. The van der Waals surface area contributed by atoms with E-state index in [2.05, 4.69) is 150 Å². The Bertz CT molecular complexity index is 4970. The first-order chi connectivity index (χ1) is 48.5. The van der Waals surface area contributed by atoms with Crippen LogP contribution in [0.25, 0.3) is 34.0 Å². The first kappa shape index (κ1) is 70.2. The number of rotatable bonds is 15. The Balaban J connectivity index is 0.000000157. The normalized spacial score (nSPS) is 16.0.